The van der Waals surface area contributed by atoms with Crippen molar-refractivity contribution in [2.75, 3.05) is 13.2 Å². The number of ether oxygens (including phenoxy) is 1. The maximum atomic E-state index is 11.8. The highest BCUT2D eigenvalue weighted by molar-refractivity contribution is 5.81. The summed E-state index contributed by atoms with van der Waals surface area (Å²) in [6.07, 6.45) is 5.23. The van der Waals surface area contributed by atoms with E-state index in [0.717, 1.165) is 38.2 Å². The molecule has 0 spiro atoms. The van der Waals surface area contributed by atoms with Gasteiger partial charge in [0.1, 0.15) is 5.76 Å². The van der Waals surface area contributed by atoms with E-state index in [4.69, 9.17) is 9.15 Å². The number of nitrogens with one attached hydrogen (secondary N) is 2. The van der Waals surface area contributed by atoms with Crippen LogP contribution in [0.4, 0.5) is 0 Å². The molecule has 5 heteroatoms. The number of hydrogen-bond acceptors (Lipinski definition) is 4. The van der Waals surface area contributed by atoms with Crippen LogP contribution < -0.4 is 10.6 Å². The second-order valence-corrected chi connectivity index (χ2v) is 4.90. The Labute approximate surface area is 113 Å². The molecule has 1 fully saturated rings. The molecule has 2 rings (SSSR count). The summed E-state index contributed by atoms with van der Waals surface area (Å²) in [5.41, 5.74) is 0. The van der Waals surface area contributed by atoms with Crippen molar-refractivity contribution in [2.45, 2.75) is 44.9 Å². The molecule has 1 saturated heterocycles. The van der Waals surface area contributed by atoms with Crippen LogP contribution in [-0.2, 0) is 16.1 Å². The monoisotopic (exact) mass is 266 g/mol. The van der Waals surface area contributed by atoms with Crippen LogP contribution in [0.5, 0.6) is 0 Å². The van der Waals surface area contributed by atoms with E-state index < -0.39 is 0 Å². The number of furan rings is 1. The summed E-state index contributed by atoms with van der Waals surface area (Å²) < 4.78 is 10.7. The molecule has 1 amide bonds. The normalized spacial score (nSPS) is 20.4. The van der Waals surface area contributed by atoms with Crippen LogP contribution in [0.3, 0.4) is 0 Å². The van der Waals surface area contributed by atoms with Crippen molar-refractivity contribution in [1.82, 2.24) is 10.6 Å². The van der Waals surface area contributed by atoms with E-state index in [0.29, 0.717) is 12.6 Å². The zero-order valence-electron chi connectivity index (χ0n) is 11.4. The van der Waals surface area contributed by atoms with Crippen molar-refractivity contribution in [2.24, 2.45) is 0 Å². The van der Waals surface area contributed by atoms with Gasteiger partial charge in [-0.1, -0.05) is 0 Å². The van der Waals surface area contributed by atoms with Crippen molar-refractivity contribution < 1.29 is 13.9 Å². The lowest BCUT2D eigenvalue weighted by atomic mass is 10.2. The molecular formula is C14H22N2O3. The lowest BCUT2D eigenvalue weighted by Gasteiger charge is -2.15. The molecule has 5 nitrogen and oxygen atoms in total. The summed E-state index contributed by atoms with van der Waals surface area (Å²) in [4.78, 5) is 11.8. The number of carbonyl (C=O) groups is 1. The minimum Gasteiger partial charge on any atom is -0.467 e. The summed E-state index contributed by atoms with van der Waals surface area (Å²) in [7, 11) is 0. The molecule has 2 N–H and O–H groups in total. The van der Waals surface area contributed by atoms with Crippen molar-refractivity contribution >= 4 is 5.91 Å². The molecule has 106 valence electrons. The largest absolute Gasteiger partial charge is 0.467 e. The van der Waals surface area contributed by atoms with Gasteiger partial charge in [0.2, 0.25) is 5.91 Å². The van der Waals surface area contributed by atoms with E-state index in [2.05, 4.69) is 10.6 Å². The smallest absolute Gasteiger partial charge is 0.237 e. The predicted octanol–water partition coefficient (Wildman–Crippen LogP) is 1.44. The van der Waals surface area contributed by atoms with Crippen LogP contribution in [0.1, 0.15) is 31.9 Å². The third kappa shape index (κ3) is 4.69. The van der Waals surface area contributed by atoms with Crippen LogP contribution in [0, 0.1) is 0 Å². The van der Waals surface area contributed by atoms with Gasteiger partial charge < -0.3 is 19.8 Å². The topological polar surface area (TPSA) is 63.5 Å². The maximum absolute atomic E-state index is 11.8. The van der Waals surface area contributed by atoms with Crippen LogP contribution in [0.2, 0.25) is 0 Å². The Bertz CT molecular complexity index is 372. The highest BCUT2D eigenvalue weighted by Crippen LogP contribution is 2.14. The molecule has 1 aromatic heterocycles. The van der Waals surface area contributed by atoms with Crippen molar-refractivity contribution in [3.63, 3.8) is 0 Å². The van der Waals surface area contributed by atoms with Gasteiger partial charge in [0.05, 0.1) is 25.0 Å². The molecule has 0 saturated carbocycles. The van der Waals surface area contributed by atoms with Gasteiger partial charge in [-0.05, 0) is 44.9 Å². The Hall–Kier alpha value is -1.33. The summed E-state index contributed by atoms with van der Waals surface area (Å²) >= 11 is 0. The van der Waals surface area contributed by atoms with Gasteiger partial charge in [-0.25, -0.2) is 0 Å². The fourth-order valence-electron chi connectivity index (χ4n) is 2.17. The van der Waals surface area contributed by atoms with Crippen molar-refractivity contribution in [1.29, 1.82) is 0 Å². The highest BCUT2D eigenvalue weighted by Gasteiger charge is 2.16. The average molecular weight is 266 g/mol. The second-order valence-electron chi connectivity index (χ2n) is 4.90. The molecule has 0 radical (unpaired) electrons. The molecule has 2 atom stereocenters. The summed E-state index contributed by atoms with van der Waals surface area (Å²) in [5.74, 6) is 0.753. The minimum absolute atomic E-state index is 0.0104. The third-order valence-corrected chi connectivity index (χ3v) is 3.35. The van der Waals surface area contributed by atoms with E-state index in [1.807, 2.05) is 19.1 Å². The molecule has 19 heavy (non-hydrogen) atoms. The Kier molecular flexibility index (Phi) is 5.42. The van der Waals surface area contributed by atoms with Gasteiger partial charge in [-0.15, -0.1) is 0 Å². The van der Waals surface area contributed by atoms with Crippen molar-refractivity contribution in [3.8, 4) is 0 Å². The number of carbonyl (C=O) groups excluding carboxylic acids is 1. The summed E-state index contributed by atoms with van der Waals surface area (Å²) in [6.45, 7) is 3.99. The van der Waals surface area contributed by atoms with Crippen molar-refractivity contribution in [3.05, 3.63) is 24.2 Å². The van der Waals surface area contributed by atoms with E-state index in [-0.39, 0.29) is 11.9 Å². The van der Waals surface area contributed by atoms with E-state index >= 15 is 0 Å². The zero-order valence-corrected chi connectivity index (χ0v) is 11.4. The molecule has 0 aliphatic carbocycles. The first kappa shape index (κ1) is 14.1. The second kappa shape index (κ2) is 7.31. The molecule has 2 unspecified atom stereocenters. The Morgan fingerprint density at radius 1 is 1.58 bits per heavy atom. The van der Waals surface area contributed by atoms with Gasteiger partial charge in [0, 0.05) is 6.61 Å². The molecular weight excluding hydrogens is 244 g/mol. The molecule has 2 heterocycles. The predicted molar refractivity (Wildman–Crippen MR) is 71.6 cm³/mol. The molecule has 1 aliphatic rings. The van der Waals surface area contributed by atoms with Crippen LogP contribution >= 0.6 is 0 Å². The van der Waals surface area contributed by atoms with Gasteiger partial charge in [-0.3, -0.25) is 4.79 Å². The first-order valence-corrected chi connectivity index (χ1v) is 6.91. The Morgan fingerprint density at radius 2 is 2.47 bits per heavy atom. The van der Waals surface area contributed by atoms with Gasteiger partial charge >= 0.3 is 0 Å². The number of amides is 1. The van der Waals surface area contributed by atoms with Crippen LogP contribution in [0.25, 0.3) is 0 Å². The Morgan fingerprint density at radius 3 is 3.16 bits per heavy atom. The third-order valence-electron chi connectivity index (χ3n) is 3.35. The number of rotatable bonds is 7. The first-order chi connectivity index (χ1) is 9.25. The summed E-state index contributed by atoms with van der Waals surface area (Å²) in [5, 5.41) is 6.05. The number of hydrogen-bond donors (Lipinski definition) is 2. The molecule has 1 aliphatic heterocycles. The minimum atomic E-state index is -0.198. The summed E-state index contributed by atoms with van der Waals surface area (Å²) in [6, 6.07) is 3.46. The zero-order chi connectivity index (χ0) is 13.5. The van der Waals surface area contributed by atoms with E-state index in [1.54, 1.807) is 6.26 Å². The lowest BCUT2D eigenvalue weighted by molar-refractivity contribution is -0.123. The van der Waals surface area contributed by atoms with Crippen LogP contribution in [-0.4, -0.2) is 31.2 Å². The van der Waals surface area contributed by atoms with Crippen LogP contribution in [0.15, 0.2) is 22.8 Å². The van der Waals surface area contributed by atoms with Gasteiger partial charge in [-0.2, -0.15) is 0 Å². The maximum Gasteiger partial charge on any atom is 0.237 e. The molecule has 0 bridgehead atoms. The molecule has 1 aromatic rings. The highest BCUT2D eigenvalue weighted by atomic mass is 16.5. The Balaban J connectivity index is 1.59. The van der Waals surface area contributed by atoms with Gasteiger partial charge in [0.25, 0.3) is 0 Å². The standard InChI is InChI=1S/C14H22N2O3/c1-11(15-7-6-12-4-2-8-18-12)14(17)16-10-13-5-3-9-19-13/h3,5,9,11-12,15H,2,4,6-8,10H2,1H3,(H,16,17). The lowest BCUT2D eigenvalue weighted by Crippen LogP contribution is -2.42. The van der Waals surface area contributed by atoms with E-state index in [1.165, 1.54) is 0 Å². The SMILES string of the molecule is CC(NCCC1CCCO1)C(=O)NCc1ccco1. The van der Waals surface area contributed by atoms with Gasteiger partial charge in [0.15, 0.2) is 0 Å². The quantitative estimate of drug-likeness (QED) is 0.784. The first-order valence-electron chi connectivity index (χ1n) is 6.91. The fourth-order valence-corrected chi connectivity index (χ4v) is 2.17. The fraction of sp³-hybridized carbons (Fsp3) is 0.643. The molecule has 0 aromatic carbocycles. The van der Waals surface area contributed by atoms with E-state index in [9.17, 15) is 4.79 Å². The average Bonchev–Trinajstić information content (AvgIpc) is 3.08.